The zero-order valence-electron chi connectivity index (χ0n) is 5.72. The molecule has 0 unspecified atom stereocenters. The summed E-state index contributed by atoms with van der Waals surface area (Å²) in [6, 6.07) is 0. The van der Waals surface area contributed by atoms with Crippen molar-refractivity contribution < 1.29 is 36.9 Å². The average molecular weight is 197 g/mol. The van der Waals surface area contributed by atoms with Gasteiger partial charge in [0.05, 0.1) is 0 Å². The molecule has 0 amide bonds. The Kier molecular flexibility index (Phi) is 36.2. The predicted molar refractivity (Wildman–Crippen MR) is 27.1 cm³/mol. The minimum atomic E-state index is -1.08. The van der Waals surface area contributed by atoms with Gasteiger partial charge in [0.2, 0.25) is 0 Å². The normalized spacial score (nSPS) is 5.00. The maximum Gasteiger partial charge on any atom is 2.00 e. The van der Waals surface area contributed by atoms with Gasteiger partial charge in [-0.1, -0.05) is 0 Å². The van der Waals surface area contributed by atoms with E-state index in [1.54, 1.807) is 0 Å². The molecule has 0 atom stereocenters. The van der Waals surface area contributed by atoms with Crippen molar-refractivity contribution in [3.05, 3.63) is 0 Å². The first-order valence-electron chi connectivity index (χ1n) is 1.82. The molecule has 0 saturated carbocycles. The number of carbonyl (C=O) groups excluding carboxylic acids is 2. The van der Waals surface area contributed by atoms with Crippen molar-refractivity contribution in [1.82, 2.24) is 0 Å². The molecule has 10 heavy (non-hydrogen) atoms. The van der Waals surface area contributed by atoms with Gasteiger partial charge < -0.3 is 19.8 Å². The molecule has 0 aliphatic carbocycles. The van der Waals surface area contributed by atoms with Gasteiger partial charge in [0, 0.05) is 11.9 Å². The second-order valence-electron chi connectivity index (χ2n) is 0.983. The SMILES string of the molecule is CC(=O)[O-].CC(=O)[O-].[Mg+2].[Mn+2]. The van der Waals surface area contributed by atoms with Crippen molar-refractivity contribution >= 4 is 35.0 Å². The minimum absolute atomic E-state index is 0. The van der Waals surface area contributed by atoms with E-state index in [0.717, 1.165) is 13.8 Å². The molecular weight excluding hydrogens is 191 g/mol. The fourth-order valence-electron chi connectivity index (χ4n) is 0. The van der Waals surface area contributed by atoms with Crippen LogP contribution >= 0.6 is 0 Å². The van der Waals surface area contributed by atoms with Gasteiger partial charge in [-0.2, -0.15) is 0 Å². The summed E-state index contributed by atoms with van der Waals surface area (Å²) in [5.74, 6) is -2.17. The standard InChI is InChI=1S/2C2H4O2.Mg.Mn/c2*1-2(3)4;;/h2*1H3,(H,3,4);;/q;;2*+2/p-2. The van der Waals surface area contributed by atoms with E-state index in [2.05, 4.69) is 0 Å². The molecule has 1 radical (unpaired) electrons. The second-order valence-corrected chi connectivity index (χ2v) is 0.983. The Morgan fingerprint density at radius 2 is 1.00 bits per heavy atom. The van der Waals surface area contributed by atoms with E-state index in [1.165, 1.54) is 0 Å². The van der Waals surface area contributed by atoms with E-state index in [4.69, 9.17) is 19.8 Å². The molecular formula is C4H6MgMnO4+2. The van der Waals surface area contributed by atoms with E-state index in [9.17, 15) is 0 Å². The average Bonchev–Trinajstić information content (AvgIpc) is 1.25. The molecule has 0 N–H and O–H groups in total. The molecule has 0 heterocycles. The van der Waals surface area contributed by atoms with E-state index >= 15 is 0 Å². The van der Waals surface area contributed by atoms with Crippen molar-refractivity contribution in [3.8, 4) is 0 Å². The molecule has 0 aliphatic rings. The molecule has 0 rings (SSSR count). The number of hydrogen-bond donors (Lipinski definition) is 0. The van der Waals surface area contributed by atoms with Crippen LogP contribution < -0.4 is 10.2 Å². The van der Waals surface area contributed by atoms with Crippen LogP contribution in [0.1, 0.15) is 13.8 Å². The van der Waals surface area contributed by atoms with Crippen molar-refractivity contribution in [2.24, 2.45) is 0 Å². The van der Waals surface area contributed by atoms with Gasteiger partial charge >= 0.3 is 40.1 Å². The van der Waals surface area contributed by atoms with E-state index in [1.807, 2.05) is 0 Å². The first-order chi connectivity index (χ1) is 3.46. The van der Waals surface area contributed by atoms with Gasteiger partial charge in [-0.25, -0.2) is 0 Å². The number of carboxylic acid groups (broad SMARTS) is 2. The van der Waals surface area contributed by atoms with Crippen molar-refractivity contribution in [2.45, 2.75) is 13.8 Å². The molecule has 0 bridgehead atoms. The Morgan fingerprint density at radius 3 is 1.00 bits per heavy atom. The van der Waals surface area contributed by atoms with Gasteiger partial charge in [0.1, 0.15) is 0 Å². The van der Waals surface area contributed by atoms with E-state index in [0.29, 0.717) is 0 Å². The third-order valence-electron chi connectivity index (χ3n) is 0. The van der Waals surface area contributed by atoms with E-state index < -0.39 is 11.9 Å². The van der Waals surface area contributed by atoms with Gasteiger partial charge in [0.25, 0.3) is 0 Å². The Morgan fingerprint density at radius 1 is 1.00 bits per heavy atom. The second kappa shape index (κ2) is 16.1. The summed E-state index contributed by atoms with van der Waals surface area (Å²) in [5.41, 5.74) is 0. The summed E-state index contributed by atoms with van der Waals surface area (Å²) in [7, 11) is 0. The Hall–Kier alpha value is 0.226. The van der Waals surface area contributed by atoms with Gasteiger partial charge in [-0.15, -0.1) is 0 Å². The molecule has 0 fully saturated rings. The van der Waals surface area contributed by atoms with Crippen LogP contribution in [0.4, 0.5) is 0 Å². The largest absolute Gasteiger partial charge is 2.00 e. The van der Waals surface area contributed by atoms with Crippen LogP contribution in [0.15, 0.2) is 0 Å². The van der Waals surface area contributed by atoms with Crippen molar-refractivity contribution in [1.29, 1.82) is 0 Å². The molecule has 0 aliphatic heterocycles. The van der Waals surface area contributed by atoms with E-state index in [-0.39, 0.29) is 40.1 Å². The smallest absolute Gasteiger partial charge is 0.550 e. The minimum Gasteiger partial charge on any atom is -0.550 e. The summed E-state index contributed by atoms with van der Waals surface area (Å²) in [6.45, 7) is 1.94. The maximum absolute atomic E-state index is 8.89. The third-order valence-corrected chi connectivity index (χ3v) is 0. The number of aliphatic carboxylic acids is 2. The zero-order valence-corrected chi connectivity index (χ0v) is 8.31. The Bertz CT molecular complexity index is 75.3. The monoisotopic (exact) mass is 197 g/mol. The quantitative estimate of drug-likeness (QED) is 0.391. The zero-order chi connectivity index (χ0) is 7.15. The molecule has 0 aromatic carbocycles. The number of rotatable bonds is 0. The Labute approximate surface area is 85.6 Å². The number of hydrogen-bond acceptors (Lipinski definition) is 4. The van der Waals surface area contributed by atoms with Crippen LogP contribution in [0.2, 0.25) is 0 Å². The fraction of sp³-hybridized carbons (Fsp3) is 0.500. The fourth-order valence-corrected chi connectivity index (χ4v) is 0. The molecule has 0 saturated heterocycles. The third kappa shape index (κ3) is 8430. The van der Waals surface area contributed by atoms with Crippen LogP contribution in [0, 0.1) is 0 Å². The molecule has 53 valence electrons. The molecule has 4 nitrogen and oxygen atoms in total. The summed E-state index contributed by atoms with van der Waals surface area (Å²) in [6.07, 6.45) is 0. The van der Waals surface area contributed by atoms with Crippen LogP contribution in [0.3, 0.4) is 0 Å². The summed E-state index contributed by atoms with van der Waals surface area (Å²) < 4.78 is 0. The van der Waals surface area contributed by atoms with Crippen LogP contribution in [0.25, 0.3) is 0 Å². The number of carboxylic acids is 2. The summed E-state index contributed by atoms with van der Waals surface area (Å²) in [5, 5.41) is 17.8. The first kappa shape index (κ1) is 22.5. The summed E-state index contributed by atoms with van der Waals surface area (Å²) in [4.78, 5) is 17.8. The van der Waals surface area contributed by atoms with Gasteiger partial charge in [0.15, 0.2) is 0 Å². The molecule has 0 aromatic heterocycles. The maximum atomic E-state index is 8.89. The van der Waals surface area contributed by atoms with Gasteiger partial charge in [-0.05, 0) is 13.8 Å². The number of carbonyl (C=O) groups is 2. The first-order valence-corrected chi connectivity index (χ1v) is 1.82. The summed E-state index contributed by atoms with van der Waals surface area (Å²) >= 11 is 0. The van der Waals surface area contributed by atoms with Crippen LogP contribution in [-0.4, -0.2) is 35.0 Å². The molecule has 6 heteroatoms. The van der Waals surface area contributed by atoms with Gasteiger partial charge in [-0.3, -0.25) is 0 Å². The Balaban J connectivity index is -0.0000000300. The van der Waals surface area contributed by atoms with Crippen LogP contribution in [-0.2, 0) is 26.7 Å². The van der Waals surface area contributed by atoms with Crippen LogP contribution in [0.5, 0.6) is 0 Å². The topological polar surface area (TPSA) is 80.3 Å². The molecule has 0 spiro atoms. The van der Waals surface area contributed by atoms with Crippen molar-refractivity contribution in [3.63, 3.8) is 0 Å². The van der Waals surface area contributed by atoms with Crippen molar-refractivity contribution in [2.75, 3.05) is 0 Å². The predicted octanol–water partition coefficient (Wildman–Crippen LogP) is -2.87. The molecule has 0 aromatic rings.